The number of aliphatic hydroxyl groups is 1. The van der Waals surface area contributed by atoms with E-state index in [-0.39, 0.29) is 12.0 Å². The predicted molar refractivity (Wildman–Crippen MR) is 52.9 cm³/mol. The van der Waals surface area contributed by atoms with Crippen molar-refractivity contribution in [3.05, 3.63) is 0 Å². The van der Waals surface area contributed by atoms with E-state index >= 15 is 0 Å². The molecule has 1 N–H and O–H groups in total. The summed E-state index contributed by atoms with van der Waals surface area (Å²) in [5.74, 6) is 0.138. The molecule has 1 fully saturated rings. The maximum Gasteiger partial charge on any atom is 0.219 e. The molecule has 0 bridgehead atoms. The lowest BCUT2D eigenvalue weighted by Gasteiger charge is -2.31. The van der Waals surface area contributed by atoms with Crippen molar-refractivity contribution in [2.24, 2.45) is 0 Å². The lowest BCUT2D eigenvalue weighted by molar-refractivity contribution is -0.131. The van der Waals surface area contributed by atoms with Crippen molar-refractivity contribution in [1.29, 1.82) is 0 Å². The molecule has 1 aliphatic heterocycles. The second kappa shape index (κ2) is 5.32. The van der Waals surface area contributed by atoms with Crippen molar-refractivity contribution < 1.29 is 14.6 Å². The van der Waals surface area contributed by atoms with Crippen molar-refractivity contribution in [1.82, 2.24) is 4.90 Å². The average molecular weight is 201 g/mol. The summed E-state index contributed by atoms with van der Waals surface area (Å²) in [4.78, 5) is 12.9. The highest BCUT2D eigenvalue weighted by Gasteiger charge is 2.21. The second-order valence-corrected chi connectivity index (χ2v) is 3.89. The highest BCUT2D eigenvalue weighted by molar-refractivity contribution is 5.73. The molecule has 0 saturated carbocycles. The molecular formula is C10H19NO3. The molecule has 1 unspecified atom stereocenters. The first-order chi connectivity index (χ1) is 6.59. The van der Waals surface area contributed by atoms with E-state index in [1.54, 1.807) is 13.8 Å². The molecule has 1 atom stereocenters. The van der Waals surface area contributed by atoms with Crippen LogP contribution >= 0.6 is 0 Å². The van der Waals surface area contributed by atoms with Crippen molar-refractivity contribution in [3.8, 4) is 0 Å². The topological polar surface area (TPSA) is 49.8 Å². The number of hydrogen-bond acceptors (Lipinski definition) is 3. The van der Waals surface area contributed by atoms with Gasteiger partial charge in [-0.05, 0) is 19.8 Å². The molecule has 0 spiro atoms. The number of nitrogens with zero attached hydrogens (tertiary/aromatic N) is 1. The van der Waals surface area contributed by atoms with Gasteiger partial charge in [0, 0.05) is 20.0 Å². The SMILES string of the molecule is CC(=O)N1CCC(OCC(C)O)CC1. The van der Waals surface area contributed by atoms with Crippen molar-refractivity contribution >= 4 is 5.91 Å². The Morgan fingerprint density at radius 2 is 2.14 bits per heavy atom. The summed E-state index contributed by atoms with van der Waals surface area (Å²) in [7, 11) is 0. The van der Waals surface area contributed by atoms with Gasteiger partial charge in [-0.25, -0.2) is 0 Å². The smallest absolute Gasteiger partial charge is 0.219 e. The number of carbonyl (C=O) groups is 1. The quantitative estimate of drug-likeness (QED) is 0.719. The van der Waals surface area contributed by atoms with E-state index in [0.717, 1.165) is 25.9 Å². The fraction of sp³-hybridized carbons (Fsp3) is 0.900. The van der Waals surface area contributed by atoms with Gasteiger partial charge in [0.25, 0.3) is 0 Å². The normalized spacial score (nSPS) is 20.9. The number of likely N-dealkylation sites (tertiary alicyclic amines) is 1. The van der Waals surface area contributed by atoms with Crippen molar-refractivity contribution in [2.45, 2.75) is 38.9 Å². The molecule has 4 nitrogen and oxygen atoms in total. The minimum Gasteiger partial charge on any atom is -0.391 e. The van der Waals surface area contributed by atoms with E-state index < -0.39 is 6.10 Å². The van der Waals surface area contributed by atoms with E-state index in [2.05, 4.69) is 0 Å². The number of amides is 1. The largest absolute Gasteiger partial charge is 0.391 e. The third kappa shape index (κ3) is 3.64. The molecule has 1 heterocycles. The van der Waals surface area contributed by atoms with Crippen LogP contribution < -0.4 is 0 Å². The van der Waals surface area contributed by atoms with Gasteiger partial charge in [-0.3, -0.25) is 4.79 Å². The highest BCUT2D eigenvalue weighted by atomic mass is 16.5. The summed E-state index contributed by atoms with van der Waals surface area (Å²) >= 11 is 0. The maximum absolute atomic E-state index is 11.0. The molecule has 0 aliphatic carbocycles. The summed E-state index contributed by atoms with van der Waals surface area (Å²) in [6.07, 6.45) is 1.57. The van der Waals surface area contributed by atoms with Gasteiger partial charge in [0.2, 0.25) is 5.91 Å². The zero-order chi connectivity index (χ0) is 10.6. The van der Waals surface area contributed by atoms with Crippen molar-refractivity contribution in [2.75, 3.05) is 19.7 Å². The molecule has 1 amide bonds. The molecule has 1 rings (SSSR count). The van der Waals surface area contributed by atoms with E-state index in [1.165, 1.54) is 0 Å². The summed E-state index contributed by atoms with van der Waals surface area (Å²) in [5, 5.41) is 9.03. The van der Waals surface area contributed by atoms with Crippen LogP contribution in [0, 0.1) is 0 Å². The monoisotopic (exact) mass is 201 g/mol. The minimum atomic E-state index is -0.402. The summed E-state index contributed by atoms with van der Waals surface area (Å²) < 4.78 is 5.48. The molecule has 0 aromatic rings. The van der Waals surface area contributed by atoms with Crippen LogP contribution in [0.1, 0.15) is 26.7 Å². The van der Waals surface area contributed by atoms with Gasteiger partial charge >= 0.3 is 0 Å². The van der Waals surface area contributed by atoms with Crippen LogP contribution in [-0.2, 0) is 9.53 Å². The minimum absolute atomic E-state index is 0.138. The number of piperidine rings is 1. The van der Waals surface area contributed by atoms with Crippen LogP contribution in [0.25, 0.3) is 0 Å². The molecule has 4 heteroatoms. The van der Waals surface area contributed by atoms with Gasteiger partial charge in [0.05, 0.1) is 18.8 Å². The average Bonchev–Trinajstić information content (AvgIpc) is 2.15. The van der Waals surface area contributed by atoms with Crippen LogP contribution in [0.2, 0.25) is 0 Å². The number of rotatable bonds is 3. The molecule has 1 aliphatic rings. The summed E-state index contributed by atoms with van der Waals surface area (Å²) in [6, 6.07) is 0. The van der Waals surface area contributed by atoms with Gasteiger partial charge in [-0.1, -0.05) is 0 Å². The van der Waals surface area contributed by atoms with E-state index in [4.69, 9.17) is 9.84 Å². The lowest BCUT2D eigenvalue weighted by atomic mass is 10.1. The van der Waals surface area contributed by atoms with Crippen molar-refractivity contribution in [3.63, 3.8) is 0 Å². The summed E-state index contributed by atoms with van der Waals surface area (Å²) in [5.41, 5.74) is 0. The van der Waals surface area contributed by atoms with Crippen LogP contribution in [-0.4, -0.2) is 47.8 Å². The Morgan fingerprint density at radius 1 is 1.57 bits per heavy atom. The van der Waals surface area contributed by atoms with E-state index in [0.29, 0.717) is 6.61 Å². The Bertz CT molecular complexity index is 186. The van der Waals surface area contributed by atoms with Gasteiger partial charge in [-0.2, -0.15) is 0 Å². The Morgan fingerprint density at radius 3 is 2.57 bits per heavy atom. The maximum atomic E-state index is 11.0. The Hall–Kier alpha value is -0.610. The van der Waals surface area contributed by atoms with E-state index in [9.17, 15) is 4.79 Å². The zero-order valence-corrected chi connectivity index (χ0v) is 8.90. The molecule has 0 aromatic carbocycles. The van der Waals surface area contributed by atoms with Gasteiger partial charge < -0.3 is 14.7 Å². The van der Waals surface area contributed by atoms with E-state index in [1.807, 2.05) is 4.90 Å². The third-order valence-corrected chi connectivity index (χ3v) is 2.46. The van der Waals surface area contributed by atoms with Gasteiger partial charge in [0.15, 0.2) is 0 Å². The first-order valence-electron chi connectivity index (χ1n) is 5.14. The fourth-order valence-corrected chi connectivity index (χ4v) is 1.61. The molecule has 14 heavy (non-hydrogen) atoms. The lowest BCUT2D eigenvalue weighted by Crippen LogP contribution is -2.40. The number of aliphatic hydroxyl groups excluding tert-OH is 1. The Kier molecular flexibility index (Phi) is 4.35. The molecule has 1 saturated heterocycles. The predicted octanol–water partition coefficient (Wildman–Crippen LogP) is 0.395. The Balaban J connectivity index is 2.19. The van der Waals surface area contributed by atoms with Crippen LogP contribution in [0.5, 0.6) is 0 Å². The molecule has 82 valence electrons. The molecular weight excluding hydrogens is 182 g/mol. The van der Waals surface area contributed by atoms with Crippen LogP contribution in [0.3, 0.4) is 0 Å². The third-order valence-electron chi connectivity index (χ3n) is 2.46. The Labute approximate surface area is 84.8 Å². The van der Waals surface area contributed by atoms with Gasteiger partial charge in [-0.15, -0.1) is 0 Å². The molecule has 0 aromatic heterocycles. The first kappa shape index (κ1) is 11.5. The highest BCUT2D eigenvalue weighted by Crippen LogP contribution is 2.13. The molecule has 0 radical (unpaired) electrons. The number of hydrogen-bond donors (Lipinski definition) is 1. The van der Waals surface area contributed by atoms with Crippen LogP contribution in [0.15, 0.2) is 0 Å². The number of carbonyl (C=O) groups excluding carboxylic acids is 1. The van der Waals surface area contributed by atoms with Crippen LogP contribution in [0.4, 0.5) is 0 Å². The van der Waals surface area contributed by atoms with Gasteiger partial charge in [0.1, 0.15) is 0 Å². The standard InChI is InChI=1S/C10H19NO3/c1-8(12)7-14-10-3-5-11(6-4-10)9(2)13/h8,10,12H,3-7H2,1-2H3. The first-order valence-corrected chi connectivity index (χ1v) is 5.14. The second-order valence-electron chi connectivity index (χ2n) is 3.89. The zero-order valence-electron chi connectivity index (χ0n) is 8.90. The summed E-state index contributed by atoms with van der Waals surface area (Å²) in [6.45, 7) is 5.26. The number of ether oxygens (including phenoxy) is 1. The fourth-order valence-electron chi connectivity index (χ4n) is 1.61.